The molecule has 1 aromatic carbocycles. The van der Waals surface area contributed by atoms with Gasteiger partial charge < -0.3 is 10.2 Å². The molecule has 0 saturated heterocycles. The first-order chi connectivity index (χ1) is 9.63. The van der Waals surface area contributed by atoms with E-state index in [1.165, 1.54) is 11.3 Å². The van der Waals surface area contributed by atoms with Gasteiger partial charge in [0.15, 0.2) is 0 Å². The molecule has 1 aromatic rings. The van der Waals surface area contributed by atoms with Crippen molar-refractivity contribution in [3.63, 3.8) is 0 Å². The molecule has 0 aliphatic rings. The van der Waals surface area contributed by atoms with Crippen LogP contribution in [0.15, 0.2) is 18.2 Å². The maximum Gasteiger partial charge on any atom is 0.0474 e. The van der Waals surface area contributed by atoms with Crippen LogP contribution in [0.1, 0.15) is 58.6 Å². The van der Waals surface area contributed by atoms with E-state index in [0.717, 1.165) is 43.9 Å². The molecule has 2 nitrogen and oxygen atoms in total. The molecule has 0 radical (unpaired) electrons. The summed E-state index contributed by atoms with van der Waals surface area (Å²) >= 11 is 6.48. The Morgan fingerprint density at radius 1 is 1.10 bits per heavy atom. The number of anilines is 1. The van der Waals surface area contributed by atoms with Crippen molar-refractivity contribution in [2.24, 2.45) is 0 Å². The number of nitrogens with one attached hydrogen (secondary N) is 1. The van der Waals surface area contributed by atoms with Crippen molar-refractivity contribution in [3.8, 4) is 0 Å². The number of rotatable bonds is 9. The number of benzene rings is 1. The summed E-state index contributed by atoms with van der Waals surface area (Å²) in [5, 5.41) is 4.36. The molecule has 0 aliphatic carbocycles. The molecule has 20 heavy (non-hydrogen) atoms. The first kappa shape index (κ1) is 17.3. The highest BCUT2D eigenvalue weighted by molar-refractivity contribution is 6.31. The molecule has 0 spiro atoms. The Morgan fingerprint density at radius 2 is 1.75 bits per heavy atom. The van der Waals surface area contributed by atoms with Crippen molar-refractivity contribution in [2.75, 3.05) is 24.5 Å². The van der Waals surface area contributed by atoms with Crippen LogP contribution in [-0.2, 0) is 0 Å². The second-order valence-corrected chi connectivity index (χ2v) is 5.78. The van der Waals surface area contributed by atoms with Crippen molar-refractivity contribution in [1.82, 2.24) is 5.32 Å². The Morgan fingerprint density at radius 3 is 2.25 bits per heavy atom. The SMILES string of the molecule is CCCNC(C)c1ccc(N(CCC)CCC)cc1Cl. The van der Waals surface area contributed by atoms with E-state index in [2.05, 4.69) is 56.1 Å². The van der Waals surface area contributed by atoms with Gasteiger partial charge in [0.05, 0.1) is 0 Å². The predicted octanol–water partition coefficient (Wildman–Crippen LogP) is 5.03. The fraction of sp³-hybridized carbons (Fsp3) is 0.647. The summed E-state index contributed by atoms with van der Waals surface area (Å²) in [5.41, 5.74) is 2.43. The fourth-order valence-corrected chi connectivity index (χ4v) is 2.78. The van der Waals surface area contributed by atoms with Gasteiger partial charge in [-0.05, 0) is 50.4 Å². The zero-order valence-corrected chi connectivity index (χ0v) is 14.1. The number of nitrogens with zero attached hydrogens (tertiary/aromatic N) is 1. The van der Waals surface area contributed by atoms with Crippen LogP contribution in [-0.4, -0.2) is 19.6 Å². The minimum absolute atomic E-state index is 0.308. The topological polar surface area (TPSA) is 15.3 Å². The van der Waals surface area contributed by atoms with E-state index >= 15 is 0 Å². The highest BCUT2D eigenvalue weighted by atomic mass is 35.5. The Balaban J connectivity index is 2.84. The molecule has 3 heteroatoms. The Kier molecular flexibility index (Phi) is 8.01. The first-order valence-corrected chi connectivity index (χ1v) is 8.29. The van der Waals surface area contributed by atoms with Gasteiger partial charge in [-0.25, -0.2) is 0 Å². The molecule has 1 N–H and O–H groups in total. The van der Waals surface area contributed by atoms with Crippen LogP contribution < -0.4 is 10.2 Å². The predicted molar refractivity (Wildman–Crippen MR) is 91.0 cm³/mol. The lowest BCUT2D eigenvalue weighted by molar-refractivity contribution is 0.571. The smallest absolute Gasteiger partial charge is 0.0474 e. The Bertz CT molecular complexity index is 387. The molecular weight excluding hydrogens is 268 g/mol. The maximum absolute atomic E-state index is 6.48. The summed E-state index contributed by atoms with van der Waals surface area (Å²) in [7, 11) is 0. The molecule has 1 atom stereocenters. The maximum atomic E-state index is 6.48. The van der Waals surface area contributed by atoms with Crippen molar-refractivity contribution in [1.29, 1.82) is 0 Å². The van der Waals surface area contributed by atoms with Crippen LogP contribution in [0.25, 0.3) is 0 Å². The number of halogens is 1. The molecule has 0 aliphatic heterocycles. The third kappa shape index (κ3) is 4.99. The van der Waals surface area contributed by atoms with Crippen LogP contribution in [0.5, 0.6) is 0 Å². The van der Waals surface area contributed by atoms with E-state index in [9.17, 15) is 0 Å². The standard InChI is InChI=1S/C17H29ClN2/c1-5-10-19-14(4)16-9-8-15(13-17(16)18)20(11-6-2)12-7-3/h8-9,13-14,19H,5-7,10-12H2,1-4H3. The minimum Gasteiger partial charge on any atom is -0.372 e. The van der Waals surface area contributed by atoms with Gasteiger partial charge in [0.25, 0.3) is 0 Å². The van der Waals surface area contributed by atoms with E-state index in [1.807, 2.05) is 0 Å². The van der Waals surface area contributed by atoms with E-state index < -0.39 is 0 Å². The van der Waals surface area contributed by atoms with Crippen molar-refractivity contribution < 1.29 is 0 Å². The second-order valence-electron chi connectivity index (χ2n) is 5.37. The summed E-state index contributed by atoms with van der Waals surface area (Å²) in [6.07, 6.45) is 3.46. The van der Waals surface area contributed by atoms with Gasteiger partial charge in [-0.1, -0.05) is 38.4 Å². The molecule has 0 heterocycles. The van der Waals surface area contributed by atoms with Gasteiger partial charge in [0, 0.05) is 29.8 Å². The largest absolute Gasteiger partial charge is 0.372 e. The average Bonchev–Trinajstić information content (AvgIpc) is 2.44. The molecule has 0 bridgehead atoms. The van der Waals surface area contributed by atoms with E-state index in [0.29, 0.717) is 6.04 Å². The van der Waals surface area contributed by atoms with Crippen LogP contribution in [0.3, 0.4) is 0 Å². The normalized spacial score (nSPS) is 12.4. The van der Waals surface area contributed by atoms with Crippen molar-refractivity contribution >= 4 is 17.3 Å². The van der Waals surface area contributed by atoms with Gasteiger partial charge in [-0.15, -0.1) is 0 Å². The van der Waals surface area contributed by atoms with Crippen LogP contribution in [0, 0.1) is 0 Å². The molecule has 1 rings (SSSR count). The summed E-state index contributed by atoms with van der Waals surface area (Å²) in [6, 6.07) is 6.80. The average molecular weight is 297 g/mol. The summed E-state index contributed by atoms with van der Waals surface area (Å²) in [6.45, 7) is 12.0. The van der Waals surface area contributed by atoms with Gasteiger partial charge >= 0.3 is 0 Å². The third-order valence-electron chi connectivity index (χ3n) is 3.50. The van der Waals surface area contributed by atoms with E-state index in [4.69, 9.17) is 11.6 Å². The third-order valence-corrected chi connectivity index (χ3v) is 3.83. The van der Waals surface area contributed by atoms with Gasteiger partial charge in [-0.2, -0.15) is 0 Å². The van der Waals surface area contributed by atoms with Crippen molar-refractivity contribution in [2.45, 2.75) is 53.0 Å². The zero-order chi connectivity index (χ0) is 15.0. The Hall–Kier alpha value is -0.730. The number of hydrogen-bond acceptors (Lipinski definition) is 2. The van der Waals surface area contributed by atoms with E-state index in [1.54, 1.807) is 0 Å². The fourth-order valence-electron chi connectivity index (χ4n) is 2.44. The molecular formula is C17H29ClN2. The quantitative estimate of drug-likeness (QED) is 0.688. The highest BCUT2D eigenvalue weighted by Crippen LogP contribution is 2.28. The zero-order valence-electron chi connectivity index (χ0n) is 13.4. The lowest BCUT2D eigenvalue weighted by Gasteiger charge is -2.25. The summed E-state index contributed by atoms with van der Waals surface area (Å²) in [4.78, 5) is 2.42. The summed E-state index contributed by atoms with van der Waals surface area (Å²) in [5.74, 6) is 0. The lowest BCUT2D eigenvalue weighted by Crippen LogP contribution is -2.25. The van der Waals surface area contributed by atoms with Crippen LogP contribution >= 0.6 is 11.6 Å². The Labute approximate surface area is 129 Å². The summed E-state index contributed by atoms with van der Waals surface area (Å²) < 4.78 is 0. The van der Waals surface area contributed by atoms with Crippen LogP contribution in [0.2, 0.25) is 5.02 Å². The molecule has 0 aromatic heterocycles. The first-order valence-electron chi connectivity index (χ1n) is 7.91. The van der Waals surface area contributed by atoms with Crippen molar-refractivity contribution in [3.05, 3.63) is 28.8 Å². The van der Waals surface area contributed by atoms with E-state index in [-0.39, 0.29) is 0 Å². The molecule has 114 valence electrons. The monoisotopic (exact) mass is 296 g/mol. The molecule has 0 fully saturated rings. The molecule has 0 saturated carbocycles. The van der Waals surface area contributed by atoms with Gasteiger partial charge in [0.1, 0.15) is 0 Å². The minimum atomic E-state index is 0.308. The van der Waals surface area contributed by atoms with Gasteiger partial charge in [0.2, 0.25) is 0 Å². The molecule has 1 unspecified atom stereocenters. The molecule has 0 amide bonds. The van der Waals surface area contributed by atoms with Gasteiger partial charge in [-0.3, -0.25) is 0 Å². The lowest BCUT2D eigenvalue weighted by atomic mass is 10.1. The highest BCUT2D eigenvalue weighted by Gasteiger charge is 2.11. The second kappa shape index (κ2) is 9.25. The number of hydrogen-bond donors (Lipinski definition) is 1. The van der Waals surface area contributed by atoms with Crippen LogP contribution in [0.4, 0.5) is 5.69 Å².